The van der Waals surface area contributed by atoms with Crippen LogP contribution in [0.1, 0.15) is 32.1 Å². The molecule has 1 atom stereocenters. The first-order chi connectivity index (χ1) is 10.9. The van der Waals surface area contributed by atoms with Gasteiger partial charge in [0.25, 0.3) is 0 Å². The van der Waals surface area contributed by atoms with Gasteiger partial charge in [0.05, 0.1) is 12.7 Å². The summed E-state index contributed by atoms with van der Waals surface area (Å²) in [5.41, 5.74) is 0. The third-order valence-electron chi connectivity index (χ3n) is 4.58. The molecule has 0 aromatic heterocycles. The van der Waals surface area contributed by atoms with Crippen molar-refractivity contribution in [3.8, 4) is 0 Å². The van der Waals surface area contributed by atoms with Gasteiger partial charge in [0.15, 0.2) is 0 Å². The second-order valence-electron chi connectivity index (χ2n) is 6.32. The van der Waals surface area contributed by atoms with Crippen LogP contribution >= 0.6 is 0 Å². The normalized spacial score (nSPS) is 16.9. The van der Waals surface area contributed by atoms with Crippen LogP contribution in [0.3, 0.4) is 0 Å². The molecule has 1 heterocycles. The molecule has 0 amide bonds. The lowest BCUT2D eigenvalue weighted by molar-refractivity contribution is 0.388. The zero-order chi connectivity index (χ0) is 15.0. The summed E-state index contributed by atoms with van der Waals surface area (Å²) in [6, 6.07) is 23.7. The van der Waals surface area contributed by atoms with Gasteiger partial charge in [-0.2, -0.15) is 0 Å². The van der Waals surface area contributed by atoms with Crippen molar-refractivity contribution in [2.75, 3.05) is 6.61 Å². The maximum Gasteiger partial charge on any atom is 0.103 e. The highest BCUT2D eigenvalue weighted by atomic mass is 28.3. The Hall–Kier alpha value is -1.38. The number of hydrogen-bond acceptors (Lipinski definition) is 1. The molecule has 0 saturated carbocycles. The largest absolute Gasteiger partial charge is 0.373 e. The van der Waals surface area contributed by atoms with E-state index in [0.717, 1.165) is 6.61 Å². The van der Waals surface area contributed by atoms with E-state index in [2.05, 4.69) is 60.7 Å². The van der Waals surface area contributed by atoms with Crippen LogP contribution in [0.25, 0.3) is 0 Å². The molecule has 1 saturated heterocycles. The lowest BCUT2D eigenvalue weighted by Gasteiger charge is -2.16. The number of ether oxygens (including phenoxy) is 1. The molecule has 0 N–H and O–H groups in total. The fraction of sp³-hybridized carbons (Fsp3) is 0.400. The van der Waals surface area contributed by atoms with E-state index in [9.17, 15) is 0 Å². The summed E-state index contributed by atoms with van der Waals surface area (Å²) in [6.07, 6.45) is 7.33. The minimum absolute atomic E-state index is 0.607. The summed E-state index contributed by atoms with van der Waals surface area (Å²) in [5, 5.41) is 3.17. The number of epoxide rings is 1. The molecule has 3 rings (SSSR count). The van der Waals surface area contributed by atoms with Gasteiger partial charge in [-0.05, 0) is 6.42 Å². The molecule has 0 radical (unpaired) electrons. The van der Waals surface area contributed by atoms with Crippen LogP contribution in [-0.2, 0) is 4.74 Å². The molecule has 22 heavy (non-hydrogen) atoms. The van der Waals surface area contributed by atoms with Gasteiger partial charge in [-0.3, -0.25) is 0 Å². The summed E-state index contributed by atoms with van der Waals surface area (Å²) >= 11 is 0. The Labute approximate surface area is 135 Å². The van der Waals surface area contributed by atoms with Crippen LogP contribution in [0.2, 0.25) is 6.04 Å². The van der Waals surface area contributed by atoms with Gasteiger partial charge in [-0.1, -0.05) is 103 Å². The summed E-state index contributed by atoms with van der Waals surface area (Å²) in [6.45, 7) is 1.01. The van der Waals surface area contributed by atoms with E-state index < -0.39 is 8.80 Å². The monoisotopic (exact) mass is 310 g/mol. The third kappa shape index (κ3) is 4.82. The first-order valence-corrected chi connectivity index (χ1v) is 10.6. The molecule has 116 valence electrons. The topological polar surface area (TPSA) is 12.5 Å². The molecular formula is C20H26OSi. The van der Waals surface area contributed by atoms with Gasteiger partial charge in [0.1, 0.15) is 8.80 Å². The van der Waals surface area contributed by atoms with Crippen molar-refractivity contribution in [1.82, 2.24) is 0 Å². The Bertz CT molecular complexity index is 497. The van der Waals surface area contributed by atoms with E-state index in [-0.39, 0.29) is 0 Å². The van der Waals surface area contributed by atoms with Crippen molar-refractivity contribution >= 4 is 19.2 Å². The van der Waals surface area contributed by atoms with Gasteiger partial charge < -0.3 is 4.74 Å². The molecule has 1 aliphatic rings. The Morgan fingerprint density at radius 2 is 1.32 bits per heavy atom. The minimum atomic E-state index is -1.03. The SMILES string of the molecule is c1ccc([SiH](CCCCCCC2CO2)c2ccccc2)cc1. The van der Waals surface area contributed by atoms with Crippen molar-refractivity contribution in [2.45, 2.75) is 44.3 Å². The maximum absolute atomic E-state index is 5.28. The Morgan fingerprint density at radius 3 is 1.86 bits per heavy atom. The van der Waals surface area contributed by atoms with E-state index in [1.54, 1.807) is 10.4 Å². The Kier molecular flexibility index (Phi) is 5.85. The summed E-state index contributed by atoms with van der Waals surface area (Å²) in [4.78, 5) is 0. The number of benzene rings is 2. The van der Waals surface area contributed by atoms with E-state index in [0.29, 0.717) is 6.10 Å². The molecule has 0 spiro atoms. The highest BCUT2D eigenvalue weighted by Gasteiger charge is 2.21. The maximum atomic E-state index is 5.28. The molecule has 1 fully saturated rings. The third-order valence-corrected chi connectivity index (χ3v) is 7.94. The summed E-state index contributed by atoms with van der Waals surface area (Å²) in [7, 11) is -1.03. The first-order valence-electron chi connectivity index (χ1n) is 8.65. The highest BCUT2D eigenvalue weighted by Crippen LogP contribution is 2.18. The van der Waals surface area contributed by atoms with Crippen molar-refractivity contribution < 1.29 is 4.74 Å². The average molecular weight is 311 g/mol. The highest BCUT2D eigenvalue weighted by molar-refractivity contribution is 6.85. The van der Waals surface area contributed by atoms with Crippen molar-refractivity contribution in [3.63, 3.8) is 0 Å². The smallest absolute Gasteiger partial charge is 0.103 e. The fourth-order valence-electron chi connectivity index (χ4n) is 3.21. The second kappa shape index (κ2) is 8.30. The van der Waals surface area contributed by atoms with Gasteiger partial charge in [-0.15, -0.1) is 0 Å². The van der Waals surface area contributed by atoms with Crippen LogP contribution < -0.4 is 10.4 Å². The molecule has 1 nitrogen and oxygen atoms in total. The summed E-state index contributed by atoms with van der Waals surface area (Å²) < 4.78 is 5.28. The van der Waals surface area contributed by atoms with Crippen LogP contribution in [0.15, 0.2) is 60.7 Å². The molecule has 1 aliphatic heterocycles. The first kappa shape index (κ1) is 15.5. The zero-order valence-corrected chi connectivity index (χ0v) is 14.4. The summed E-state index contributed by atoms with van der Waals surface area (Å²) in [5.74, 6) is 0. The lowest BCUT2D eigenvalue weighted by Crippen LogP contribution is -2.41. The quantitative estimate of drug-likeness (QED) is 0.393. The molecule has 2 aromatic carbocycles. The Balaban J connectivity index is 1.52. The van der Waals surface area contributed by atoms with E-state index in [1.165, 1.54) is 38.1 Å². The van der Waals surface area contributed by atoms with Crippen LogP contribution in [-0.4, -0.2) is 21.5 Å². The van der Waals surface area contributed by atoms with Gasteiger partial charge in [0, 0.05) is 0 Å². The van der Waals surface area contributed by atoms with Crippen molar-refractivity contribution in [3.05, 3.63) is 60.7 Å². The molecule has 1 unspecified atom stereocenters. The minimum Gasteiger partial charge on any atom is -0.373 e. The number of unbranched alkanes of at least 4 members (excludes halogenated alkanes) is 3. The standard InChI is InChI=1S/C20H26OSi/c1(5-11-18-17-21-18)2-10-16-22(19-12-6-3-7-13-19)20-14-8-4-9-15-20/h3-4,6-9,12-15,18,22H,1-2,5,10-11,16-17H2. The van der Waals surface area contributed by atoms with E-state index in [1.807, 2.05) is 0 Å². The van der Waals surface area contributed by atoms with Crippen molar-refractivity contribution in [2.24, 2.45) is 0 Å². The molecule has 0 aliphatic carbocycles. The molecule has 2 aromatic rings. The van der Waals surface area contributed by atoms with Crippen LogP contribution in [0.4, 0.5) is 0 Å². The van der Waals surface area contributed by atoms with Crippen LogP contribution in [0.5, 0.6) is 0 Å². The van der Waals surface area contributed by atoms with E-state index >= 15 is 0 Å². The number of hydrogen-bond donors (Lipinski definition) is 0. The fourth-order valence-corrected chi connectivity index (χ4v) is 6.33. The Morgan fingerprint density at radius 1 is 0.773 bits per heavy atom. The van der Waals surface area contributed by atoms with Gasteiger partial charge in [-0.25, -0.2) is 0 Å². The predicted octanol–water partition coefficient (Wildman–Crippen LogP) is 3.38. The van der Waals surface area contributed by atoms with Gasteiger partial charge in [0.2, 0.25) is 0 Å². The van der Waals surface area contributed by atoms with Gasteiger partial charge >= 0.3 is 0 Å². The zero-order valence-electron chi connectivity index (χ0n) is 13.3. The molecular weight excluding hydrogens is 284 g/mol. The lowest BCUT2D eigenvalue weighted by atomic mass is 10.1. The average Bonchev–Trinajstić information content (AvgIpc) is 3.40. The molecule has 2 heteroatoms. The van der Waals surface area contributed by atoms with E-state index in [4.69, 9.17) is 4.74 Å². The predicted molar refractivity (Wildman–Crippen MR) is 96.9 cm³/mol. The molecule has 0 bridgehead atoms. The number of rotatable bonds is 9. The second-order valence-corrected chi connectivity index (χ2v) is 9.34. The van der Waals surface area contributed by atoms with Crippen molar-refractivity contribution in [1.29, 1.82) is 0 Å². The van der Waals surface area contributed by atoms with Crippen LogP contribution in [0, 0.1) is 0 Å².